The van der Waals surface area contributed by atoms with E-state index in [9.17, 15) is 14.7 Å². The van der Waals surface area contributed by atoms with Gasteiger partial charge in [0.2, 0.25) is 0 Å². The van der Waals surface area contributed by atoms with Gasteiger partial charge in [-0.1, -0.05) is 60.7 Å². The number of carbonyl (C=O) groups is 2. The fourth-order valence-electron chi connectivity index (χ4n) is 2.01. The molecule has 2 aromatic carbocycles. The first kappa shape index (κ1) is 14.9. The van der Waals surface area contributed by atoms with Crippen LogP contribution in [-0.4, -0.2) is 22.9 Å². The summed E-state index contributed by atoms with van der Waals surface area (Å²) in [5.74, 6) is -1.20. The van der Waals surface area contributed by atoms with Gasteiger partial charge in [0.05, 0.1) is 0 Å². The van der Waals surface area contributed by atoms with Gasteiger partial charge in [0.15, 0.2) is 5.78 Å². The first-order valence-corrected chi connectivity index (χ1v) is 6.75. The lowest BCUT2D eigenvalue weighted by atomic mass is 10.0. The second-order valence-electron chi connectivity index (χ2n) is 4.75. The summed E-state index contributed by atoms with van der Waals surface area (Å²) in [6.45, 7) is 0.417. The lowest BCUT2D eigenvalue weighted by molar-refractivity contribution is -0.139. The van der Waals surface area contributed by atoms with Crippen LogP contribution in [0.3, 0.4) is 0 Å². The number of hydrogen-bond acceptors (Lipinski definition) is 3. The summed E-state index contributed by atoms with van der Waals surface area (Å²) in [4.78, 5) is 23.3. The van der Waals surface area contributed by atoms with Crippen molar-refractivity contribution in [1.29, 1.82) is 0 Å². The quantitative estimate of drug-likeness (QED) is 0.766. The highest BCUT2D eigenvalue weighted by molar-refractivity contribution is 5.98. The van der Waals surface area contributed by atoms with Gasteiger partial charge >= 0.3 is 5.97 Å². The highest BCUT2D eigenvalue weighted by atomic mass is 16.4. The molecule has 4 nitrogen and oxygen atoms in total. The summed E-state index contributed by atoms with van der Waals surface area (Å²) >= 11 is 0. The van der Waals surface area contributed by atoms with Crippen LogP contribution in [0.15, 0.2) is 60.7 Å². The van der Waals surface area contributed by atoms with E-state index in [4.69, 9.17) is 0 Å². The molecule has 0 saturated heterocycles. The van der Waals surface area contributed by atoms with Gasteiger partial charge in [0, 0.05) is 18.5 Å². The lowest BCUT2D eigenvalue weighted by Crippen LogP contribution is -2.38. The molecule has 0 spiro atoms. The molecule has 0 unspecified atom stereocenters. The maximum atomic E-state index is 12.1. The average Bonchev–Trinajstić information content (AvgIpc) is 2.52. The highest BCUT2D eigenvalue weighted by Gasteiger charge is 2.21. The number of aliphatic carboxylic acids is 1. The zero-order valence-corrected chi connectivity index (χ0v) is 11.5. The zero-order valence-electron chi connectivity index (χ0n) is 11.5. The summed E-state index contributed by atoms with van der Waals surface area (Å²) in [5.41, 5.74) is 1.51. The number of carboxylic acid groups (broad SMARTS) is 1. The number of benzene rings is 2. The number of ketones is 1. The number of Topliss-reactive ketones (excluding diaryl/α,β-unsaturated/α-hetero) is 1. The first-order chi connectivity index (χ1) is 10.2. The zero-order chi connectivity index (χ0) is 15.1. The minimum absolute atomic E-state index is 0.0633. The Bertz CT molecular complexity index is 596. The van der Waals surface area contributed by atoms with Crippen molar-refractivity contribution in [3.8, 4) is 0 Å². The Kier molecular flexibility index (Phi) is 5.23. The number of carboxylic acids is 1. The highest BCUT2D eigenvalue weighted by Crippen LogP contribution is 2.07. The standard InChI is InChI=1S/C17H17NO3/c19-16(14-9-5-2-6-10-14)11-15(17(20)21)18-12-13-7-3-1-4-8-13/h1-10,15,18H,11-12H2,(H,20,21)/t15-/m0/s1. The third-order valence-electron chi connectivity index (χ3n) is 3.18. The minimum atomic E-state index is -1.02. The van der Waals surface area contributed by atoms with Gasteiger partial charge in [-0.25, -0.2) is 0 Å². The minimum Gasteiger partial charge on any atom is -0.480 e. The van der Waals surface area contributed by atoms with Crippen LogP contribution in [0.4, 0.5) is 0 Å². The van der Waals surface area contributed by atoms with Crippen molar-refractivity contribution in [3.63, 3.8) is 0 Å². The predicted octanol–water partition coefficient (Wildman–Crippen LogP) is 2.50. The van der Waals surface area contributed by atoms with Crippen LogP contribution >= 0.6 is 0 Å². The third-order valence-corrected chi connectivity index (χ3v) is 3.18. The molecule has 0 aromatic heterocycles. The SMILES string of the molecule is O=C(C[C@H](NCc1ccccc1)C(=O)O)c1ccccc1. The van der Waals surface area contributed by atoms with Crippen LogP contribution in [0.5, 0.6) is 0 Å². The fraction of sp³-hybridized carbons (Fsp3) is 0.176. The van der Waals surface area contributed by atoms with Crippen LogP contribution in [-0.2, 0) is 11.3 Å². The van der Waals surface area contributed by atoms with Crippen molar-refractivity contribution < 1.29 is 14.7 Å². The van der Waals surface area contributed by atoms with Gasteiger partial charge in [0.1, 0.15) is 6.04 Å². The summed E-state index contributed by atoms with van der Waals surface area (Å²) in [7, 11) is 0. The van der Waals surface area contributed by atoms with Crippen LogP contribution < -0.4 is 5.32 Å². The molecule has 4 heteroatoms. The molecule has 1 atom stereocenters. The Labute approximate surface area is 123 Å². The largest absolute Gasteiger partial charge is 0.480 e. The van der Waals surface area contributed by atoms with Crippen LogP contribution in [0.1, 0.15) is 22.3 Å². The van der Waals surface area contributed by atoms with Crippen molar-refractivity contribution in [2.24, 2.45) is 0 Å². The Hall–Kier alpha value is -2.46. The van der Waals surface area contributed by atoms with Gasteiger partial charge in [-0.3, -0.25) is 14.9 Å². The molecule has 0 aliphatic carbocycles. The van der Waals surface area contributed by atoms with Crippen LogP contribution in [0, 0.1) is 0 Å². The average molecular weight is 283 g/mol. The molecule has 2 aromatic rings. The van der Waals surface area contributed by atoms with Crippen molar-refractivity contribution >= 4 is 11.8 Å². The Morgan fingerprint density at radius 1 is 0.952 bits per heavy atom. The molecule has 21 heavy (non-hydrogen) atoms. The predicted molar refractivity (Wildman–Crippen MR) is 80.1 cm³/mol. The molecule has 0 aliphatic rings. The number of carbonyl (C=O) groups excluding carboxylic acids is 1. The number of hydrogen-bond donors (Lipinski definition) is 2. The van der Waals surface area contributed by atoms with Gasteiger partial charge in [0.25, 0.3) is 0 Å². The van der Waals surface area contributed by atoms with E-state index in [-0.39, 0.29) is 12.2 Å². The lowest BCUT2D eigenvalue weighted by Gasteiger charge is -2.14. The van der Waals surface area contributed by atoms with E-state index in [1.165, 1.54) is 0 Å². The number of rotatable bonds is 7. The van der Waals surface area contributed by atoms with Crippen LogP contribution in [0.2, 0.25) is 0 Å². The van der Waals surface area contributed by atoms with Gasteiger partial charge in [-0.05, 0) is 5.56 Å². The molecular weight excluding hydrogens is 266 g/mol. The smallest absolute Gasteiger partial charge is 0.321 e. The van der Waals surface area contributed by atoms with Crippen molar-refractivity contribution in [1.82, 2.24) is 5.32 Å². The second-order valence-corrected chi connectivity index (χ2v) is 4.75. The molecular formula is C17H17NO3. The molecule has 0 amide bonds. The topological polar surface area (TPSA) is 66.4 Å². The molecule has 2 N–H and O–H groups in total. The molecule has 2 rings (SSSR count). The molecule has 0 saturated carbocycles. The van der Waals surface area contributed by atoms with E-state index < -0.39 is 12.0 Å². The third kappa shape index (κ3) is 4.54. The molecule has 108 valence electrons. The van der Waals surface area contributed by atoms with E-state index in [0.29, 0.717) is 12.1 Å². The summed E-state index contributed by atoms with van der Waals surface area (Å²) in [6.07, 6.45) is -0.0633. The molecule has 0 bridgehead atoms. The summed E-state index contributed by atoms with van der Waals surface area (Å²) in [5, 5.41) is 12.1. The van der Waals surface area contributed by atoms with Crippen LogP contribution in [0.25, 0.3) is 0 Å². The van der Waals surface area contributed by atoms with E-state index >= 15 is 0 Å². The monoisotopic (exact) mass is 283 g/mol. The first-order valence-electron chi connectivity index (χ1n) is 6.75. The van der Waals surface area contributed by atoms with E-state index in [1.54, 1.807) is 24.3 Å². The normalized spacial score (nSPS) is 11.8. The van der Waals surface area contributed by atoms with E-state index in [1.807, 2.05) is 36.4 Å². The number of nitrogens with one attached hydrogen (secondary N) is 1. The van der Waals surface area contributed by atoms with Crippen molar-refractivity contribution in [2.75, 3.05) is 0 Å². The summed E-state index contributed by atoms with van der Waals surface area (Å²) in [6, 6.07) is 17.3. The Morgan fingerprint density at radius 2 is 1.52 bits per heavy atom. The maximum absolute atomic E-state index is 12.1. The molecule has 0 heterocycles. The van der Waals surface area contributed by atoms with Crippen molar-refractivity contribution in [3.05, 3.63) is 71.8 Å². The molecule has 0 aliphatic heterocycles. The van der Waals surface area contributed by atoms with E-state index in [0.717, 1.165) is 5.56 Å². The second kappa shape index (κ2) is 7.36. The van der Waals surface area contributed by atoms with Gasteiger partial charge in [-0.15, -0.1) is 0 Å². The summed E-state index contributed by atoms with van der Waals surface area (Å²) < 4.78 is 0. The van der Waals surface area contributed by atoms with E-state index in [2.05, 4.69) is 5.32 Å². The molecule has 0 radical (unpaired) electrons. The Morgan fingerprint density at radius 3 is 2.10 bits per heavy atom. The molecule has 0 fully saturated rings. The van der Waals surface area contributed by atoms with Gasteiger partial charge in [-0.2, -0.15) is 0 Å². The fourth-order valence-corrected chi connectivity index (χ4v) is 2.01. The van der Waals surface area contributed by atoms with Gasteiger partial charge < -0.3 is 5.11 Å². The Balaban J connectivity index is 1.96. The maximum Gasteiger partial charge on any atom is 0.321 e. The van der Waals surface area contributed by atoms with Crippen molar-refractivity contribution in [2.45, 2.75) is 19.0 Å².